The lowest BCUT2D eigenvalue weighted by Gasteiger charge is -2.02. The third kappa shape index (κ3) is 2.34. The first-order chi connectivity index (χ1) is 9.97. The van der Waals surface area contributed by atoms with E-state index in [4.69, 9.17) is 28.3 Å². The van der Waals surface area contributed by atoms with Crippen LogP contribution in [-0.2, 0) is 0 Å². The summed E-state index contributed by atoms with van der Waals surface area (Å²) in [5, 5.41) is 9.84. The minimum absolute atomic E-state index is 0.148. The summed E-state index contributed by atoms with van der Waals surface area (Å²) in [6.07, 6.45) is 0. The second-order valence-electron chi connectivity index (χ2n) is 4.34. The molecule has 7 heteroatoms. The van der Waals surface area contributed by atoms with Gasteiger partial charge in [0.05, 0.1) is 26.7 Å². The Hall–Kier alpha value is -2.11. The van der Waals surface area contributed by atoms with Crippen LogP contribution in [0.4, 0.5) is 4.39 Å². The molecule has 0 saturated heterocycles. The third-order valence-corrected chi connectivity index (χ3v) is 3.61. The first-order valence-electron chi connectivity index (χ1n) is 5.84. The maximum Gasteiger partial charge on any atom is 0.338 e. The van der Waals surface area contributed by atoms with Gasteiger partial charge < -0.3 is 10.1 Å². The summed E-state index contributed by atoms with van der Waals surface area (Å²) < 4.78 is 13.5. The van der Waals surface area contributed by atoms with Crippen molar-refractivity contribution < 1.29 is 14.3 Å². The normalized spacial score (nSPS) is 11.0. The lowest BCUT2D eigenvalue weighted by Crippen LogP contribution is -1.98. The SMILES string of the molecule is O=C(O)c1cc(F)cc2[nH]c(-c3c(Cl)cccc3Cl)nc12. The Balaban J connectivity index is 2.32. The molecule has 0 unspecified atom stereocenters. The van der Waals surface area contributed by atoms with E-state index in [1.807, 2.05) is 0 Å². The number of rotatable bonds is 2. The zero-order valence-corrected chi connectivity index (χ0v) is 11.8. The van der Waals surface area contributed by atoms with Crippen LogP contribution in [0.25, 0.3) is 22.4 Å². The highest BCUT2D eigenvalue weighted by molar-refractivity contribution is 6.39. The summed E-state index contributed by atoms with van der Waals surface area (Å²) in [5.41, 5.74) is 0.623. The van der Waals surface area contributed by atoms with Crippen LogP contribution >= 0.6 is 23.2 Å². The minimum Gasteiger partial charge on any atom is -0.478 e. The van der Waals surface area contributed by atoms with Crippen molar-refractivity contribution in [2.75, 3.05) is 0 Å². The van der Waals surface area contributed by atoms with Gasteiger partial charge in [0.2, 0.25) is 0 Å². The molecule has 0 amide bonds. The van der Waals surface area contributed by atoms with E-state index >= 15 is 0 Å². The van der Waals surface area contributed by atoms with Gasteiger partial charge in [-0.1, -0.05) is 29.3 Å². The molecular weight excluding hydrogens is 318 g/mol. The van der Waals surface area contributed by atoms with Gasteiger partial charge in [-0.05, 0) is 24.3 Å². The number of carboxylic acid groups (broad SMARTS) is 1. The van der Waals surface area contributed by atoms with E-state index in [9.17, 15) is 9.18 Å². The van der Waals surface area contributed by atoms with Gasteiger partial charge in [-0.2, -0.15) is 0 Å². The number of nitrogens with zero attached hydrogens (tertiary/aromatic N) is 1. The van der Waals surface area contributed by atoms with E-state index in [2.05, 4.69) is 9.97 Å². The fourth-order valence-electron chi connectivity index (χ4n) is 2.09. The Kier molecular flexibility index (Phi) is 3.31. The highest BCUT2D eigenvalue weighted by atomic mass is 35.5. The third-order valence-electron chi connectivity index (χ3n) is 2.98. The topological polar surface area (TPSA) is 66.0 Å². The van der Waals surface area contributed by atoms with Gasteiger partial charge in [0, 0.05) is 0 Å². The van der Waals surface area contributed by atoms with Crippen molar-refractivity contribution >= 4 is 40.2 Å². The molecule has 1 heterocycles. The predicted molar refractivity (Wildman–Crippen MR) is 78.5 cm³/mol. The second-order valence-corrected chi connectivity index (χ2v) is 5.15. The first kappa shape index (κ1) is 13.9. The molecule has 0 fully saturated rings. The molecule has 3 aromatic rings. The molecule has 2 aromatic carbocycles. The summed E-state index contributed by atoms with van der Waals surface area (Å²) in [5.74, 6) is -1.64. The molecule has 0 bridgehead atoms. The fraction of sp³-hybridized carbons (Fsp3) is 0. The van der Waals surface area contributed by atoms with Crippen LogP contribution in [0.5, 0.6) is 0 Å². The van der Waals surface area contributed by atoms with Crippen LogP contribution in [0.1, 0.15) is 10.4 Å². The number of carbonyl (C=O) groups is 1. The molecular formula is C14H7Cl2FN2O2. The van der Waals surface area contributed by atoms with E-state index < -0.39 is 11.8 Å². The van der Waals surface area contributed by atoms with Gasteiger partial charge in [-0.25, -0.2) is 14.2 Å². The Morgan fingerprint density at radius 3 is 2.52 bits per heavy atom. The monoisotopic (exact) mass is 324 g/mol. The Labute approximate surface area is 128 Å². The number of hydrogen-bond acceptors (Lipinski definition) is 2. The van der Waals surface area contributed by atoms with Crippen LogP contribution in [0, 0.1) is 5.82 Å². The molecule has 106 valence electrons. The molecule has 0 atom stereocenters. The zero-order valence-electron chi connectivity index (χ0n) is 10.3. The molecule has 0 aliphatic heterocycles. The van der Waals surface area contributed by atoms with Crippen LogP contribution in [-0.4, -0.2) is 21.0 Å². The molecule has 4 nitrogen and oxygen atoms in total. The quantitative estimate of drug-likeness (QED) is 0.735. The average Bonchev–Trinajstić information content (AvgIpc) is 2.80. The predicted octanol–water partition coefficient (Wildman–Crippen LogP) is 4.37. The summed E-state index contributed by atoms with van der Waals surface area (Å²) >= 11 is 12.2. The molecule has 2 N–H and O–H groups in total. The number of aromatic carboxylic acids is 1. The number of nitrogens with one attached hydrogen (secondary N) is 1. The molecule has 21 heavy (non-hydrogen) atoms. The number of aromatic nitrogens is 2. The number of halogens is 3. The molecule has 0 saturated carbocycles. The molecule has 0 aliphatic rings. The van der Waals surface area contributed by atoms with Crippen molar-refractivity contribution in [2.45, 2.75) is 0 Å². The van der Waals surface area contributed by atoms with Crippen LogP contribution in [0.3, 0.4) is 0 Å². The standard InChI is InChI=1S/C14H7Cl2FN2O2/c15-8-2-1-3-9(16)11(8)13-18-10-5-6(17)4-7(14(20)21)12(10)19-13/h1-5H,(H,18,19)(H,20,21). The van der Waals surface area contributed by atoms with Gasteiger partial charge in [0.25, 0.3) is 0 Å². The Morgan fingerprint density at radius 2 is 1.90 bits per heavy atom. The van der Waals surface area contributed by atoms with E-state index in [1.165, 1.54) is 6.07 Å². The van der Waals surface area contributed by atoms with E-state index in [1.54, 1.807) is 18.2 Å². The maximum atomic E-state index is 13.5. The van der Waals surface area contributed by atoms with Crippen molar-refractivity contribution in [1.82, 2.24) is 9.97 Å². The number of H-pyrrole nitrogens is 1. The van der Waals surface area contributed by atoms with E-state index in [0.29, 0.717) is 15.6 Å². The number of imidazole rings is 1. The van der Waals surface area contributed by atoms with E-state index in [-0.39, 0.29) is 22.4 Å². The largest absolute Gasteiger partial charge is 0.478 e. The van der Waals surface area contributed by atoms with Gasteiger partial charge in [-0.15, -0.1) is 0 Å². The number of hydrogen-bond donors (Lipinski definition) is 2. The minimum atomic E-state index is -1.26. The summed E-state index contributed by atoms with van der Waals surface area (Å²) in [6.45, 7) is 0. The molecule has 0 spiro atoms. The summed E-state index contributed by atoms with van der Waals surface area (Å²) in [6, 6.07) is 7.04. The van der Waals surface area contributed by atoms with Gasteiger partial charge >= 0.3 is 5.97 Å². The van der Waals surface area contributed by atoms with Crippen LogP contribution in [0.15, 0.2) is 30.3 Å². The average molecular weight is 325 g/mol. The van der Waals surface area contributed by atoms with Crippen molar-refractivity contribution in [1.29, 1.82) is 0 Å². The van der Waals surface area contributed by atoms with Gasteiger partial charge in [0.1, 0.15) is 17.2 Å². The lowest BCUT2D eigenvalue weighted by atomic mass is 10.2. The van der Waals surface area contributed by atoms with Crippen molar-refractivity contribution in [3.63, 3.8) is 0 Å². The summed E-state index contributed by atoms with van der Waals surface area (Å²) in [4.78, 5) is 18.2. The Bertz CT molecular complexity index is 857. The van der Waals surface area contributed by atoms with Crippen molar-refractivity contribution in [3.8, 4) is 11.4 Å². The van der Waals surface area contributed by atoms with Crippen molar-refractivity contribution in [2.24, 2.45) is 0 Å². The van der Waals surface area contributed by atoms with Crippen LogP contribution in [0.2, 0.25) is 10.0 Å². The van der Waals surface area contributed by atoms with Crippen LogP contribution < -0.4 is 0 Å². The Morgan fingerprint density at radius 1 is 1.24 bits per heavy atom. The van der Waals surface area contributed by atoms with Gasteiger partial charge in [-0.3, -0.25) is 0 Å². The second kappa shape index (κ2) is 5.02. The fourth-order valence-corrected chi connectivity index (χ4v) is 2.66. The maximum absolute atomic E-state index is 13.5. The molecule has 0 radical (unpaired) electrons. The smallest absolute Gasteiger partial charge is 0.338 e. The number of carboxylic acids is 1. The van der Waals surface area contributed by atoms with Crippen molar-refractivity contribution in [3.05, 3.63) is 51.8 Å². The lowest BCUT2D eigenvalue weighted by molar-refractivity contribution is 0.0698. The number of benzene rings is 2. The highest BCUT2D eigenvalue weighted by Gasteiger charge is 2.18. The van der Waals surface area contributed by atoms with Gasteiger partial charge in [0.15, 0.2) is 0 Å². The molecule has 3 rings (SSSR count). The first-order valence-corrected chi connectivity index (χ1v) is 6.60. The van der Waals surface area contributed by atoms with E-state index in [0.717, 1.165) is 6.07 Å². The molecule has 0 aliphatic carbocycles. The number of fused-ring (bicyclic) bond motifs is 1. The zero-order chi connectivity index (χ0) is 15.1. The highest BCUT2D eigenvalue weighted by Crippen LogP contribution is 2.34. The summed E-state index contributed by atoms with van der Waals surface area (Å²) in [7, 11) is 0. The molecule has 1 aromatic heterocycles. The number of aromatic amines is 1.